The topological polar surface area (TPSA) is 44.8 Å². The monoisotopic (exact) mass is 338 g/mol. The van der Waals surface area contributed by atoms with E-state index < -0.39 is 18.6 Å². The quantitative estimate of drug-likeness (QED) is 0.710. The van der Waals surface area contributed by atoms with Crippen molar-refractivity contribution in [3.05, 3.63) is 0 Å². The second kappa shape index (κ2) is 8.33. The van der Waals surface area contributed by atoms with E-state index in [4.69, 9.17) is 9.47 Å². The van der Waals surface area contributed by atoms with Crippen LogP contribution in [0.4, 0.5) is 13.2 Å². The molecule has 0 unspecified atom stereocenters. The number of carbonyl (C=O) groups is 1. The van der Waals surface area contributed by atoms with E-state index in [0.29, 0.717) is 0 Å². The summed E-state index contributed by atoms with van der Waals surface area (Å²) in [5, 5.41) is 0. The van der Waals surface area contributed by atoms with Crippen molar-refractivity contribution in [2.45, 2.75) is 64.5 Å². The first-order valence-corrected chi connectivity index (χ1v) is 8.39. The molecule has 0 radical (unpaired) electrons. The van der Waals surface area contributed by atoms with Gasteiger partial charge >= 0.3 is 18.6 Å². The number of esters is 1. The molecule has 2 rings (SSSR count). The molecule has 1 aliphatic carbocycles. The smallest absolute Gasteiger partial charge is 0.404 e. The first kappa shape index (κ1) is 18.5. The SMILES string of the molecule is CCC1CCC(CCC2COC(OC(=O)C(F)(F)F)OC2)CC1. The third kappa shape index (κ3) is 5.95. The molecule has 134 valence electrons. The van der Waals surface area contributed by atoms with Crippen molar-refractivity contribution in [3.63, 3.8) is 0 Å². The summed E-state index contributed by atoms with van der Waals surface area (Å²) in [6, 6.07) is 0. The Labute approximate surface area is 134 Å². The zero-order valence-electron chi connectivity index (χ0n) is 13.4. The van der Waals surface area contributed by atoms with Crippen molar-refractivity contribution < 1.29 is 32.2 Å². The summed E-state index contributed by atoms with van der Waals surface area (Å²) in [7, 11) is 0. The van der Waals surface area contributed by atoms with Gasteiger partial charge in [-0.1, -0.05) is 45.4 Å². The summed E-state index contributed by atoms with van der Waals surface area (Å²) < 4.78 is 50.5. The maximum atomic E-state index is 12.1. The summed E-state index contributed by atoms with van der Waals surface area (Å²) in [6.07, 6.45) is 3.39. The standard InChI is InChI=1S/C16H25F3O4/c1-2-11-3-5-12(6-4-11)7-8-13-9-21-15(22-10-13)23-14(20)16(17,18)19/h11-13,15H,2-10H2,1H3. The van der Waals surface area contributed by atoms with Gasteiger partial charge in [-0.15, -0.1) is 0 Å². The van der Waals surface area contributed by atoms with Crippen LogP contribution in [0.25, 0.3) is 0 Å². The summed E-state index contributed by atoms with van der Waals surface area (Å²) >= 11 is 0. The van der Waals surface area contributed by atoms with Gasteiger partial charge in [0.05, 0.1) is 13.2 Å². The minimum Gasteiger partial charge on any atom is -0.404 e. The molecular weight excluding hydrogens is 313 g/mol. The Bertz CT molecular complexity index is 370. The van der Waals surface area contributed by atoms with Gasteiger partial charge < -0.3 is 14.2 Å². The highest BCUT2D eigenvalue weighted by Crippen LogP contribution is 2.34. The molecule has 1 saturated carbocycles. The van der Waals surface area contributed by atoms with Gasteiger partial charge in [0.25, 0.3) is 0 Å². The van der Waals surface area contributed by atoms with Crippen LogP contribution < -0.4 is 0 Å². The molecule has 0 spiro atoms. The molecule has 1 aliphatic heterocycles. The average molecular weight is 338 g/mol. The van der Waals surface area contributed by atoms with E-state index in [1.807, 2.05) is 0 Å². The summed E-state index contributed by atoms with van der Waals surface area (Å²) in [5.41, 5.74) is 0. The van der Waals surface area contributed by atoms with Crippen molar-refractivity contribution in [1.82, 2.24) is 0 Å². The first-order chi connectivity index (χ1) is 10.9. The summed E-state index contributed by atoms with van der Waals surface area (Å²) in [5.74, 6) is -0.524. The van der Waals surface area contributed by atoms with Crippen molar-refractivity contribution in [3.8, 4) is 0 Å². The van der Waals surface area contributed by atoms with E-state index in [1.165, 1.54) is 32.1 Å². The van der Waals surface area contributed by atoms with Gasteiger partial charge in [-0.25, -0.2) is 4.79 Å². The van der Waals surface area contributed by atoms with E-state index in [2.05, 4.69) is 11.7 Å². The minimum absolute atomic E-state index is 0.153. The van der Waals surface area contributed by atoms with Gasteiger partial charge in [-0.2, -0.15) is 13.2 Å². The van der Waals surface area contributed by atoms with Crippen LogP contribution in [0.15, 0.2) is 0 Å². The second-order valence-corrected chi connectivity index (χ2v) is 6.60. The van der Waals surface area contributed by atoms with Crippen LogP contribution in [-0.4, -0.2) is 31.8 Å². The molecule has 4 nitrogen and oxygen atoms in total. The molecule has 23 heavy (non-hydrogen) atoms. The lowest BCUT2D eigenvalue weighted by molar-refractivity contribution is -0.321. The minimum atomic E-state index is -5.03. The number of alkyl halides is 3. The van der Waals surface area contributed by atoms with Gasteiger partial charge in [0.2, 0.25) is 0 Å². The number of carbonyl (C=O) groups excluding carboxylic acids is 1. The van der Waals surface area contributed by atoms with Crippen LogP contribution in [-0.2, 0) is 19.0 Å². The van der Waals surface area contributed by atoms with Crippen LogP contribution in [0.1, 0.15) is 51.9 Å². The van der Waals surface area contributed by atoms with E-state index in [0.717, 1.165) is 24.7 Å². The fourth-order valence-corrected chi connectivity index (χ4v) is 3.31. The van der Waals surface area contributed by atoms with Gasteiger partial charge in [0.1, 0.15) is 0 Å². The van der Waals surface area contributed by atoms with E-state index >= 15 is 0 Å². The Balaban J connectivity index is 1.61. The molecule has 1 heterocycles. The van der Waals surface area contributed by atoms with Crippen LogP contribution in [0.2, 0.25) is 0 Å². The fraction of sp³-hybridized carbons (Fsp3) is 0.938. The Morgan fingerprint density at radius 3 is 2.04 bits per heavy atom. The predicted molar refractivity (Wildman–Crippen MR) is 76.3 cm³/mol. The molecule has 0 N–H and O–H groups in total. The van der Waals surface area contributed by atoms with Gasteiger partial charge in [-0.3, -0.25) is 0 Å². The average Bonchev–Trinajstić information content (AvgIpc) is 2.54. The normalized spacial score (nSPS) is 32.5. The Morgan fingerprint density at radius 1 is 1.00 bits per heavy atom. The Kier molecular flexibility index (Phi) is 6.71. The van der Waals surface area contributed by atoms with Crippen molar-refractivity contribution >= 4 is 5.97 Å². The highest BCUT2D eigenvalue weighted by molar-refractivity contribution is 5.75. The third-order valence-electron chi connectivity index (χ3n) is 4.90. The van der Waals surface area contributed by atoms with Crippen LogP contribution in [0, 0.1) is 17.8 Å². The highest BCUT2D eigenvalue weighted by atomic mass is 19.4. The molecule has 0 aromatic heterocycles. The Morgan fingerprint density at radius 2 is 1.52 bits per heavy atom. The molecule has 7 heteroatoms. The van der Waals surface area contributed by atoms with Gasteiger partial charge in [0, 0.05) is 5.92 Å². The lowest BCUT2D eigenvalue weighted by atomic mass is 9.78. The Hall–Kier alpha value is -0.820. The predicted octanol–water partition coefficient (Wildman–Crippen LogP) is 4.04. The van der Waals surface area contributed by atoms with Crippen LogP contribution in [0.5, 0.6) is 0 Å². The van der Waals surface area contributed by atoms with Gasteiger partial charge in [0.15, 0.2) is 0 Å². The number of hydrogen-bond donors (Lipinski definition) is 0. The maximum Gasteiger partial charge on any atom is 0.491 e. The number of hydrogen-bond acceptors (Lipinski definition) is 4. The van der Waals surface area contributed by atoms with Gasteiger partial charge in [-0.05, 0) is 18.3 Å². The zero-order chi connectivity index (χ0) is 16.9. The molecule has 0 amide bonds. The van der Waals surface area contributed by atoms with Crippen molar-refractivity contribution in [2.24, 2.45) is 17.8 Å². The fourth-order valence-electron chi connectivity index (χ4n) is 3.31. The van der Waals surface area contributed by atoms with E-state index in [-0.39, 0.29) is 19.1 Å². The lowest BCUT2D eigenvalue weighted by Gasteiger charge is -2.31. The van der Waals surface area contributed by atoms with Crippen LogP contribution >= 0.6 is 0 Å². The van der Waals surface area contributed by atoms with Crippen LogP contribution in [0.3, 0.4) is 0 Å². The van der Waals surface area contributed by atoms with E-state index in [1.54, 1.807) is 0 Å². The molecular formula is C16H25F3O4. The molecule has 2 aliphatic rings. The molecule has 2 fully saturated rings. The molecule has 1 saturated heterocycles. The van der Waals surface area contributed by atoms with Crippen molar-refractivity contribution in [2.75, 3.05) is 13.2 Å². The molecule has 0 aromatic carbocycles. The van der Waals surface area contributed by atoms with Crippen molar-refractivity contribution in [1.29, 1.82) is 0 Å². The zero-order valence-corrected chi connectivity index (χ0v) is 13.4. The number of ether oxygens (including phenoxy) is 3. The highest BCUT2D eigenvalue weighted by Gasteiger charge is 2.43. The maximum absolute atomic E-state index is 12.1. The summed E-state index contributed by atoms with van der Waals surface area (Å²) in [4.78, 5) is 10.7. The third-order valence-corrected chi connectivity index (χ3v) is 4.90. The lowest BCUT2D eigenvalue weighted by Crippen LogP contribution is -2.38. The largest absolute Gasteiger partial charge is 0.491 e. The molecule has 0 bridgehead atoms. The second-order valence-electron chi connectivity index (χ2n) is 6.60. The number of halogens is 3. The first-order valence-electron chi connectivity index (χ1n) is 8.39. The molecule has 0 aromatic rings. The number of rotatable bonds is 5. The van der Waals surface area contributed by atoms with E-state index in [9.17, 15) is 18.0 Å². The summed E-state index contributed by atoms with van der Waals surface area (Å²) in [6.45, 7) is 1.23. The molecule has 0 atom stereocenters.